The zero-order chi connectivity index (χ0) is 24.0. The van der Waals surface area contributed by atoms with Crippen molar-refractivity contribution in [3.8, 4) is 0 Å². The first-order chi connectivity index (χ1) is 15.6. The topological polar surface area (TPSA) is 46.5 Å². The molecule has 0 aliphatic heterocycles. The summed E-state index contributed by atoms with van der Waals surface area (Å²) in [6.07, 6.45) is 17.0. The zero-order valence-corrected chi connectivity index (χ0v) is 22.0. The Kier molecular flexibility index (Phi) is 7.10. The van der Waals surface area contributed by atoms with Crippen molar-refractivity contribution in [3.63, 3.8) is 0 Å². The highest BCUT2D eigenvalue weighted by Gasteiger charge is 2.59. The van der Waals surface area contributed by atoms with Crippen LogP contribution in [0.1, 0.15) is 99.3 Å². The van der Waals surface area contributed by atoms with E-state index in [0.29, 0.717) is 17.3 Å². The van der Waals surface area contributed by atoms with Gasteiger partial charge in [-0.1, -0.05) is 65.3 Å². The van der Waals surface area contributed by atoms with Crippen LogP contribution < -0.4 is 0 Å². The highest BCUT2D eigenvalue weighted by molar-refractivity contribution is 5.57. The molecule has 9 atom stereocenters. The van der Waals surface area contributed by atoms with Crippen LogP contribution in [-0.4, -0.2) is 17.4 Å². The molecule has 0 saturated heterocycles. The molecule has 4 rings (SSSR count). The van der Waals surface area contributed by atoms with E-state index in [9.17, 15) is 4.79 Å². The molecule has 0 aromatic carbocycles. The molecule has 0 bridgehead atoms. The maximum atomic E-state index is 11.1. The molecule has 0 heterocycles. The first-order valence-electron chi connectivity index (χ1n) is 13.9. The minimum Gasteiger partial charge on any atom is -0.450 e. The number of ether oxygens (including phenoxy) is 1. The lowest BCUT2D eigenvalue weighted by Crippen LogP contribution is -2.51. The first-order valence-corrected chi connectivity index (χ1v) is 13.9. The van der Waals surface area contributed by atoms with Gasteiger partial charge in [0, 0.05) is 6.42 Å². The van der Waals surface area contributed by atoms with E-state index in [1.807, 2.05) is 0 Å². The van der Waals surface area contributed by atoms with Gasteiger partial charge in [0.15, 0.2) is 0 Å². The van der Waals surface area contributed by atoms with E-state index in [1.54, 1.807) is 0 Å². The summed E-state index contributed by atoms with van der Waals surface area (Å²) in [5, 5.41) is 9.08. The third kappa shape index (κ3) is 4.43. The lowest BCUT2D eigenvalue weighted by Gasteiger charge is -2.58. The monoisotopic (exact) mass is 456 g/mol. The smallest absolute Gasteiger partial charge is 0.450 e. The van der Waals surface area contributed by atoms with Gasteiger partial charge in [0.05, 0.1) is 0 Å². The number of fused-ring (bicyclic) bond motifs is 5. The molecule has 3 heteroatoms. The Morgan fingerprint density at radius 3 is 2.55 bits per heavy atom. The van der Waals surface area contributed by atoms with Crippen molar-refractivity contribution < 1.29 is 14.6 Å². The van der Waals surface area contributed by atoms with Gasteiger partial charge >= 0.3 is 6.16 Å². The molecule has 4 aliphatic carbocycles. The number of carbonyl (C=O) groups is 1. The van der Waals surface area contributed by atoms with Crippen LogP contribution in [0.3, 0.4) is 0 Å². The Balaban J connectivity index is 1.49. The van der Waals surface area contributed by atoms with Gasteiger partial charge in [-0.25, -0.2) is 4.79 Å². The van der Waals surface area contributed by atoms with Gasteiger partial charge in [0.25, 0.3) is 0 Å². The van der Waals surface area contributed by atoms with Gasteiger partial charge in [0.2, 0.25) is 0 Å². The molecule has 0 radical (unpaired) electrons. The van der Waals surface area contributed by atoms with E-state index in [-0.39, 0.29) is 11.5 Å². The van der Waals surface area contributed by atoms with Gasteiger partial charge in [-0.15, -0.1) is 0 Å². The Morgan fingerprint density at radius 1 is 1.12 bits per heavy atom. The van der Waals surface area contributed by atoms with E-state index in [1.165, 1.54) is 44.1 Å². The lowest BCUT2D eigenvalue weighted by molar-refractivity contribution is -0.0572. The molecule has 0 amide bonds. The predicted molar refractivity (Wildman–Crippen MR) is 135 cm³/mol. The molecule has 186 valence electrons. The van der Waals surface area contributed by atoms with Crippen molar-refractivity contribution in [3.05, 3.63) is 23.8 Å². The van der Waals surface area contributed by atoms with E-state index in [0.717, 1.165) is 48.9 Å². The Morgan fingerprint density at radius 2 is 1.88 bits per heavy atom. The molecule has 4 aliphatic rings. The fourth-order valence-corrected chi connectivity index (χ4v) is 9.06. The van der Waals surface area contributed by atoms with Crippen LogP contribution in [0.25, 0.3) is 0 Å². The van der Waals surface area contributed by atoms with Crippen molar-refractivity contribution in [2.75, 3.05) is 0 Å². The standard InChI is InChI=1S/C30H48O3/c1-7-21(19(2)3)9-8-20(4)25-12-13-26-24-11-10-22-18-23(33-28(31)32)14-16-29(22,5)27(24)15-17-30(25,26)6/h8-10,19-21,23-27H,7,11-18H2,1-6H3,(H,31,32)/b9-8+/t20-,21-,23+,24?,25-,26?,27?,29+,30-/m1/s1. The van der Waals surface area contributed by atoms with Crippen LogP contribution in [-0.2, 0) is 4.74 Å². The second-order valence-electron chi connectivity index (χ2n) is 12.8. The maximum Gasteiger partial charge on any atom is 0.506 e. The molecule has 3 saturated carbocycles. The number of rotatable bonds is 6. The summed E-state index contributed by atoms with van der Waals surface area (Å²) >= 11 is 0. The average Bonchev–Trinajstić information content (AvgIpc) is 3.11. The Hall–Kier alpha value is -1.25. The summed E-state index contributed by atoms with van der Waals surface area (Å²) in [6, 6.07) is 0. The number of hydrogen-bond donors (Lipinski definition) is 1. The summed E-state index contributed by atoms with van der Waals surface area (Å²) < 4.78 is 5.18. The van der Waals surface area contributed by atoms with Crippen molar-refractivity contribution in [2.24, 2.45) is 52.3 Å². The van der Waals surface area contributed by atoms with Crippen LogP contribution >= 0.6 is 0 Å². The van der Waals surface area contributed by atoms with Crippen LogP contribution in [0.15, 0.2) is 23.8 Å². The number of hydrogen-bond acceptors (Lipinski definition) is 2. The van der Waals surface area contributed by atoms with E-state index in [4.69, 9.17) is 9.84 Å². The molecule has 33 heavy (non-hydrogen) atoms. The maximum absolute atomic E-state index is 11.1. The van der Waals surface area contributed by atoms with Crippen molar-refractivity contribution >= 4 is 6.16 Å². The van der Waals surface area contributed by atoms with Gasteiger partial charge in [0.1, 0.15) is 6.10 Å². The van der Waals surface area contributed by atoms with E-state index in [2.05, 4.69) is 59.8 Å². The van der Waals surface area contributed by atoms with Gasteiger partial charge < -0.3 is 9.84 Å². The van der Waals surface area contributed by atoms with Gasteiger partial charge in [-0.2, -0.15) is 0 Å². The average molecular weight is 457 g/mol. The second kappa shape index (κ2) is 9.42. The first kappa shape index (κ1) is 24.9. The third-order valence-electron chi connectivity index (χ3n) is 11.0. The van der Waals surface area contributed by atoms with Crippen molar-refractivity contribution in [1.29, 1.82) is 0 Å². The molecule has 1 N–H and O–H groups in total. The summed E-state index contributed by atoms with van der Waals surface area (Å²) in [5.41, 5.74) is 2.21. The molecular formula is C30H48O3. The fourth-order valence-electron chi connectivity index (χ4n) is 9.06. The van der Waals surface area contributed by atoms with Crippen molar-refractivity contribution in [1.82, 2.24) is 0 Å². The summed E-state index contributed by atoms with van der Waals surface area (Å²) in [6.45, 7) is 14.6. The van der Waals surface area contributed by atoms with Crippen LogP contribution in [0, 0.1) is 52.3 Å². The summed E-state index contributed by atoms with van der Waals surface area (Å²) in [4.78, 5) is 11.1. The normalized spacial score (nSPS) is 42.3. The molecule has 3 nitrogen and oxygen atoms in total. The molecule has 0 aromatic rings. The zero-order valence-electron chi connectivity index (χ0n) is 22.0. The molecule has 3 fully saturated rings. The van der Waals surface area contributed by atoms with Gasteiger partial charge in [-0.05, 0) is 104 Å². The molecule has 3 unspecified atom stereocenters. The summed E-state index contributed by atoms with van der Waals surface area (Å²) in [7, 11) is 0. The predicted octanol–water partition coefficient (Wildman–Crippen LogP) is 8.50. The van der Waals surface area contributed by atoms with Crippen LogP contribution in [0.4, 0.5) is 4.79 Å². The minimum atomic E-state index is -1.12. The fraction of sp³-hybridized carbons (Fsp3) is 0.833. The van der Waals surface area contributed by atoms with Crippen molar-refractivity contribution in [2.45, 2.75) is 105 Å². The highest BCUT2D eigenvalue weighted by atomic mass is 16.7. The Labute approximate surface area is 202 Å². The largest absolute Gasteiger partial charge is 0.506 e. The second-order valence-corrected chi connectivity index (χ2v) is 12.8. The third-order valence-corrected chi connectivity index (χ3v) is 11.0. The Bertz CT molecular complexity index is 781. The minimum absolute atomic E-state index is 0.145. The number of carboxylic acid groups (broad SMARTS) is 1. The van der Waals surface area contributed by atoms with Crippen LogP contribution in [0.2, 0.25) is 0 Å². The molecular weight excluding hydrogens is 408 g/mol. The van der Waals surface area contributed by atoms with Crippen LogP contribution in [0.5, 0.6) is 0 Å². The van der Waals surface area contributed by atoms with E-state index >= 15 is 0 Å². The van der Waals surface area contributed by atoms with Gasteiger partial charge in [-0.3, -0.25) is 0 Å². The number of allylic oxidation sites excluding steroid dienone is 3. The summed E-state index contributed by atoms with van der Waals surface area (Å²) in [5.74, 6) is 5.30. The van der Waals surface area contributed by atoms with E-state index < -0.39 is 6.16 Å². The molecule has 0 aromatic heterocycles. The quantitative estimate of drug-likeness (QED) is 0.322. The molecule has 0 spiro atoms. The SMILES string of the molecule is CC[C@H](/C=C/[C@@H](C)[C@H]1CCC2C3CC=C4C[C@@H](OC(=O)O)CC[C@]4(C)C3CC[C@@]21C)C(C)C. The highest BCUT2D eigenvalue weighted by Crippen LogP contribution is 2.67. The lowest BCUT2D eigenvalue weighted by atomic mass is 9.47.